The van der Waals surface area contributed by atoms with Crippen LogP contribution in [0.4, 0.5) is 0 Å². The first-order chi connectivity index (χ1) is 7.70. The lowest BCUT2D eigenvalue weighted by Gasteiger charge is -2.33. The molecule has 3 atom stereocenters. The third-order valence-corrected chi connectivity index (χ3v) is 3.45. The fourth-order valence-electron chi connectivity index (χ4n) is 2.66. The van der Waals surface area contributed by atoms with E-state index >= 15 is 0 Å². The zero-order chi connectivity index (χ0) is 11.5. The smallest absolute Gasteiger partial charge is 0.0673 e. The van der Waals surface area contributed by atoms with E-state index in [1.165, 1.54) is 12.8 Å². The molecule has 3 nitrogen and oxygen atoms in total. The Hall–Kier alpha value is -0.930. The second kappa shape index (κ2) is 4.93. The van der Waals surface area contributed by atoms with Gasteiger partial charge in [0, 0.05) is 18.3 Å². The molecule has 0 aromatic carbocycles. The van der Waals surface area contributed by atoms with Crippen molar-refractivity contribution in [3.05, 3.63) is 30.1 Å². The van der Waals surface area contributed by atoms with E-state index in [0.29, 0.717) is 6.04 Å². The van der Waals surface area contributed by atoms with Gasteiger partial charge in [0.1, 0.15) is 0 Å². The fourth-order valence-corrected chi connectivity index (χ4v) is 2.66. The highest BCUT2D eigenvalue weighted by molar-refractivity contribution is 5.12. The van der Waals surface area contributed by atoms with Crippen molar-refractivity contribution in [1.29, 1.82) is 0 Å². The van der Waals surface area contributed by atoms with Crippen molar-refractivity contribution in [1.82, 2.24) is 9.88 Å². The van der Waals surface area contributed by atoms with Crippen molar-refractivity contribution in [2.24, 2.45) is 5.73 Å². The molecule has 0 radical (unpaired) electrons. The second-order valence-corrected chi connectivity index (χ2v) is 4.79. The number of rotatable bonds is 3. The van der Waals surface area contributed by atoms with Gasteiger partial charge < -0.3 is 5.73 Å². The number of hydrogen-bond donors (Lipinski definition) is 1. The Morgan fingerprint density at radius 3 is 2.81 bits per heavy atom. The molecule has 3 heteroatoms. The molecule has 2 rings (SSSR count). The summed E-state index contributed by atoms with van der Waals surface area (Å²) >= 11 is 0. The first-order valence-electron chi connectivity index (χ1n) is 6.12. The Bertz CT molecular complexity index is 323. The molecule has 2 N–H and O–H groups in total. The zero-order valence-corrected chi connectivity index (χ0v) is 10.1. The van der Waals surface area contributed by atoms with Crippen molar-refractivity contribution < 1.29 is 0 Å². The molecular weight excluding hydrogens is 198 g/mol. The predicted molar refractivity (Wildman–Crippen MR) is 66.0 cm³/mol. The Morgan fingerprint density at radius 2 is 2.31 bits per heavy atom. The average Bonchev–Trinajstić information content (AvgIpc) is 2.66. The first-order valence-corrected chi connectivity index (χ1v) is 6.12. The topological polar surface area (TPSA) is 42.1 Å². The lowest BCUT2D eigenvalue weighted by molar-refractivity contribution is 0.166. The summed E-state index contributed by atoms with van der Waals surface area (Å²) in [7, 11) is 0. The van der Waals surface area contributed by atoms with Crippen LogP contribution < -0.4 is 5.73 Å². The van der Waals surface area contributed by atoms with E-state index in [9.17, 15) is 0 Å². The molecule has 16 heavy (non-hydrogen) atoms. The first kappa shape index (κ1) is 11.6. The van der Waals surface area contributed by atoms with Gasteiger partial charge in [0.05, 0.1) is 11.7 Å². The van der Waals surface area contributed by atoms with Crippen molar-refractivity contribution in [2.75, 3.05) is 6.54 Å². The van der Waals surface area contributed by atoms with Crippen LogP contribution in [0.2, 0.25) is 0 Å². The van der Waals surface area contributed by atoms with Gasteiger partial charge in [0.2, 0.25) is 0 Å². The third kappa shape index (κ3) is 2.25. The van der Waals surface area contributed by atoms with E-state index in [0.717, 1.165) is 12.2 Å². The van der Waals surface area contributed by atoms with E-state index in [1.54, 1.807) is 0 Å². The van der Waals surface area contributed by atoms with Gasteiger partial charge in [-0.1, -0.05) is 6.07 Å². The molecule has 1 aliphatic rings. The molecular formula is C13H21N3. The highest BCUT2D eigenvalue weighted by Gasteiger charge is 2.31. The minimum atomic E-state index is 0.121. The monoisotopic (exact) mass is 219 g/mol. The maximum absolute atomic E-state index is 6.13. The van der Waals surface area contributed by atoms with Crippen LogP contribution in [0.1, 0.15) is 38.4 Å². The Morgan fingerprint density at radius 1 is 1.50 bits per heavy atom. The van der Waals surface area contributed by atoms with Crippen LogP contribution in [0.25, 0.3) is 0 Å². The Labute approximate surface area is 97.7 Å². The number of pyridine rings is 1. The van der Waals surface area contributed by atoms with E-state index < -0.39 is 0 Å². The lowest BCUT2D eigenvalue weighted by atomic mass is 10.0. The molecule has 1 aromatic rings. The molecule has 2 heterocycles. The van der Waals surface area contributed by atoms with Crippen LogP contribution in [-0.4, -0.2) is 28.5 Å². The van der Waals surface area contributed by atoms with Crippen LogP contribution in [-0.2, 0) is 0 Å². The minimum absolute atomic E-state index is 0.121. The van der Waals surface area contributed by atoms with Crippen molar-refractivity contribution in [3.8, 4) is 0 Å². The van der Waals surface area contributed by atoms with Gasteiger partial charge in [0.25, 0.3) is 0 Å². The fraction of sp³-hybridized carbons (Fsp3) is 0.615. The molecule has 0 aliphatic carbocycles. The van der Waals surface area contributed by atoms with Gasteiger partial charge in [-0.15, -0.1) is 0 Å². The third-order valence-electron chi connectivity index (χ3n) is 3.45. The summed E-state index contributed by atoms with van der Waals surface area (Å²) in [6, 6.07) is 7.08. The van der Waals surface area contributed by atoms with E-state index in [2.05, 4.69) is 29.8 Å². The normalized spacial score (nSPS) is 25.6. The van der Waals surface area contributed by atoms with Gasteiger partial charge in [-0.2, -0.15) is 0 Å². The summed E-state index contributed by atoms with van der Waals surface area (Å²) in [5, 5.41) is 0. The van der Waals surface area contributed by atoms with Crippen molar-refractivity contribution >= 4 is 0 Å². The standard InChI is InChI=1S/C13H21N3/c1-10-6-5-9-16(10)13(11(2)14)12-7-3-4-8-15-12/h3-4,7-8,10-11,13H,5-6,9,14H2,1-2H3. The van der Waals surface area contributed by atoms with E-state index in [1.807, 2.05) is 18.3 Å². The van der Waals surface area contributed by atoms with E-state index in [-0.39, 0.29) is 12.1 Å². The summed E-state index contributed by atoms with van der Waals surface area (Å²) < 4.78 is 0. The molecule has 0 amide bonds. The lowest BCUT2D eigenvalue weighted by Crippen LogP contribution is -2.41. The van der Waals surface area contributed by atoms with Crippen LogP contribution in [0.5, 0.6) is 0 Å². The number of likely N-dealkylation sites (tertiary alicyclic amines) is 1. The molecule has 1 aliphatic heterocycles. The van der Waals surface area contributed by atoms with Gasteiger partial charge in [-0.05, 0) is 45.4 Å². The predicted octanol–water partition coefficient (Wildman–Crippen LogP) is 1.95. The number of aromatic nitrogens is 1. The molecule has 0 spiro atoms. The Kier molecular flexibility index (Phi) is 3.56. The second-order valence-electron chi connectivity index (χ2n) is 4.79. The highest BCUT2D eigenvalue weighted by Crippen LogP contribution is 2.29. The zero-order valence-electron chi connectivity index (χ0n) is 10.1. The molecule has 0 saturated carbocycles. The Balaban J connectivity index is 2.24. The number of nitrogens with two attached hydrogens (primary N) is 1. The number of hydrogen-bond acceptors (Lipinski definition) is 3. The maximum atomic E-state index is 6.13. The van der Waals surface area contributed by atoms with Gasteiger partial charge >= 0.3 is 0 Å². The van der Waals surface area contributed by atoms with Crippen molar-refractivity contribution in [3.63, 3.8) is 0 Å². The SMILES string of the molecule is CC(N)C(c1ccccn1)N1CCCC1C. The summed E-state index contributed by atoms with van der Waals surface area (Å²) in [6.45, 7) is 5.50. The van der Waals surface area contributed by atoms with Crippen molar-refractivity contribution in [2.45, 2.75) is 44.8 Å². The van der Waals surface area contributed by atoms with Crippen LogP contribution in [0.15, 0.2) is 24.4 Å². The molecule has 0 bridgehead atoms. The van der Waals surface area contributed by atoms with E-state index in [4.69, 9.17) is 5.73 Å². The summed E-state index contributed by atoms with van der Waals surface area (Å²) in [6.07, 6.45) is 4.40. The summed E-state index contributed by atoms with van der Waals surface area (Å²) in [4.78, 5) is 6.95. The largest absolute Gasteiger partial charge is 0.326 e. The van der Waals surface area contributed by atoms with Crippen LogP contribution >= 0.6 is 0 Å². The summed E-state index contributed by atoms with van der Waals surface area (Å²) in [5.41, 5.74) is 7.23. The number of nitrogens with zero attached hydrogens (tertiary/aromatic N) is 2. The van der Waals surface area contributed by atoms with Gasteiger partial charge in [0.15, 0.2) is 0 Å². The van der Waals surface area contributed by atoms with Crippen LogP contribution in [0, 0.1) is 0 Å². The average molecular weight is 219 g/mol. The highest BCUT2D eigenvalue weighted by atomic mass is 15.2. The molecule has 3 unspecified atom stereocenters. The molecule has 1 fully saturated rings. The van der Waals surface area contributed by atoms with Gasteiger partial charge in [-0.25, -0.2) is 0 Å². The maximum Gasteiger partial charge on any atom is 0.0673 e. The molecule has 1 aromatic heterocycles. The minimum Gasteiger partial charge on any atom is -0.326 e. The quantitative estimate of drug-likeness (QED) is 0.845. The van der Waals surface area contributed by atoms with Gasteiger partial charge in [-0.3, -0.25) is 9.88 Å². The van der Waals surface area contributed by atoms with Crippen LogP contribution in [0.3, 0.4) is 0 Å². The molecule has 1 saturated heterocycles. The molecule has 88 valence electrons. The summed E-state index contributed by atoms with van der Waals surface area (Å²) in [5.74, 6) is 0.